The summed E-state index contributed by atoms with van der Waals surface area (Å²) < 4.78 is 21.1. The molecule has 0 radical (unpaired) electrons. The summed E-state index contributed by atoms with van der Waals surface area (Å²) in [5.41, 5.74) is 3.97. The maximum Gasteiger partial charge on any atom is 0.309 e. The predicted octanol–water partition coefficient (Wildman–Crippen LogP) is 5.11. The van der Waals surface area contributed by atoms with E-state index in [0.29, 0.717) is 6.42 Å². The van der Waals surface area contributed by atoms with Crippen LogP contribution in [-0.2, 0) is 9.53 Å². The van der Waals surface area contributed by atoms with Crippen molar-refractivity contribution in [3.8, 4) is 11.1 Å². The average molecular weight is 393 g/mol. The van der Waals surface area contributed by atoms with Crippen LogP contribution in [0, 0.1) is 5.82 Å². The molecule has 1 N–H and O–H groups in total. The lowest BCUT2D eigenvalue weighted by atomic mass is 10.0. The summed E-state index contributed by atoms with van der Waals surface area (Å²) in [7, 11) is 0. The number of benzene rings is 2. The molecule has 0 aliphatic carbocycles. The molecule has 2 unspecified atom stereocenters. The zero-order valence-corrected chi connectivity index (χ0v) is 16.5. The van der Waals surface area contributed by atoms with E-state index in [1.165, 1.54) is 12.1 Å². The molecule has 5 heteroatoms. The molecule has 1 aliphatic rings. The summed E-state index contributed by atoms with van der Waals surface area (Å²) in [6.45, 7) is 4.23. The number of cyclic esters (lactones) is 1. The molecular formula is C24H24FNO3. The number of para-hydroxylation sites is 1. The summed E-state index contributed by atoms with van der Waals surface area (Å²) in [5.74, 6) is -0.664. The Morgan fingerprint density at radius 2 is 1.90 bits per heavy atom. The summed E-state index contributed by atoms with van der Waals surface area (Å²) in [5, 5.41) is 11.0. The molecule has 0 spiro atoms. The van der Waals surface area contributed by atoms with E-state index in [4.69, 9.17) is 4.74 Å². The Morgan fingerprint density at radius 1 is 1.17 bits per heavy atom. The van der Waals surface area contributed by atoms with Crippen LogP contribution < -0.4 is 0 Å². The van der Waals surface area contributed by atoms with Gasteiger partial charge in [0.15, 0.2) is 0 Å². The Morgan fingerprint density at radius 3 is 2.59 bits per heavy atom. The Kier molecular flexibility index (Phi) is 5.24. The number of ether oxygens (including phenoxy) is 1. The topological polar surface area (TPSA) is 51.5 Å². The summed E-state index contributed by atoms with van der Waals surface area (Å²) in [4.78, 5) is 11.7. The molecule has 29 heavy (non-hydrogen) atoms. The van der Waals surface area contributed by atoms with Gasteiger partial charge < -0.3 is 14.4 Å². The minimum atomic E-state index is -0.682. The number of rotatable bonds is 4. The Labute approximate surface area is 169 Å². The minimum Gasteiger partial charge on any atom is -0.458 e. The number of carbonyl (C=O) groups is 1. The fraction of sp³-hybridized carbons (Fsp3) is 0.292. The highest BCUT2D eigenvalue weighted by Gasteiger charge is 2.26. The van der Waals surface area contributed by atoms with Crippen molar-refractivity contribution in [1.82, 2.24) is 4.57 Å². The molecular weight excluding hydrogens is 369 g/mol. The van der Waals surface area contributed by atoms with E-state index >= 15 is 0 Å². The van der Waals surface area contributed by atoms with Gasteiger partial charge in [0.2, 0.25) is 0 Å². The first-order valence-electron chi connectivity index (χ1n) is 9.88. The van der Waals surface area contributed by atoms with Gasteiger partial charge in [-0.2, -0.15) is 0 Å². The van der Waals surface area contributed by atoms with Crippen LogP contribution in [0.2, 0.25) is 0 Å². The van der Waals surface area contributed by atoms with Gasteiger partial charge >= 0.3 is 5.97 Å². The molecule has 150 valence electrons. The molecule has 0 amide bonds. The number of carbonyl (C=O) groups excluding carboxylic acids is 1. The SMILES string of the molecule is CC(C)n1c(C=CC2CC(O)CC(=O)O2)c(-c2ccc(F)cc2)c2ccccc21. The monoisotopic (exact) mass is 393 g/mol. The standard InChI is InChI=1S/C24H24FNO3/c1-15(2)26-21-6-4-3-5-20(21)24(16-7-9-17(25)10-8-16)22(26)12-11-19-13-18(27)14-23(28)29-19/h3-12,15,18-19,27H,13-14H2,1-2H3. The summed E-state index contributed by atoms with van der Waals surface area (Å²) >= 11 is 0. The van der Waals surface area contributed by atoms with Crippen molar-refractivity contribution in [3.63, 3.8) is 0 Å². The molecule has 1 aromatic heterocycles. The van der Waals surface area contributed by atoms with Crippen molar-refractivity contribution >= 4 is 22.9 Å². The van der Waals surface area contributed by atoms with Crippen LogP contribution >= 0.6 is 0 Å². The lowest BCUT2D eigenvalue weighted by Crippen LogP contribution is -2.31. The maximum atomic E-state index is 13.5. The lowest BCUT2D eigenvalue weighted by molar-refractivity contribution is -0.156. The van der Waals surface area contributed by atoms with E-state index in [9.17, 15) is 14.3 Å². The highest BCUT2D eigenvalue weighted by Crippen LogP contribution is 2.38. The number of aromatic nitrogens is 1. The zero-order valence-electron chi connectivity index (χ0n) is 16.5. The number of aliphatic hydroxyl groups is 1. The Hall–Kier alpha value is -2.92. The van der Waals surface area contributed by atoms with Crippen molar-refractivity contribution < 1.29 is 19.0 Å². The first kappa shape index (κ1) is 19.4. The number of halogens is 1. The van der Waals surface area contributed by atoms with Gasteiger partial charge in [0.25, 0.3) is 0 Å². The van der Waals surface area contributed by atoms with Crippen LogP contribution in [0.1, 0.15) is 38.4 Å². The van der Waals surface area contributed by atoms with Crippen molar-refractivity contribution in [2.75, 3.05) is 0 Å². The maximum absolute atomic E-state index is 13.5. The predicted molar refractivity (Wildman–Crippen MR) is 112 cm³/mol. The van der Waals surface area contributed by atoms with Crippen LogP contribution in [0.4, 0.5) is 4.39 Å². The molecule has 1 aliphatic heterocycles. The van der Waals surface area contributed by atoms with E-state index in [0.717, 1.165) is 27.7 Å². The van der Waals surface area contributed by atoms with E-state index in [2.05, 4.69) is 30.5 Å². The average Bonchev–Trinajstić information content (AvgIpc) is 3.00. The second-order valence-electron chi connectivity index (χ2n) is 7.73. The second-order valence-corrected chi connectivity index (χ2v) is 7.73. The van der Waals surface area contributed by atoms with Crippen LogP contribution in [0.25, 0.3) is 28.1 Å². The normalized spacial score (nSPS) is 20.0. The zero-order chi connectivity index (χ0) is 20.5. The molecule has 3 aromatic rings. The van der Waals surface area contributed by atoms with Gasteiger partial charge in [-0.25, -0.2) is 4.39 Å². The Bertz CT molecular complexity index is 1070. The Balaban J connectivity index is 1.88. The summed E-state index contributed by atoms with van der Waals surface area (Å²) in [6.07, 6.45) is 3.06. The number of esters is 1. The highest BCUT2D eigenvalue weighted by atomic mass is 19.1. The first-order chi connectivity index (χ1) is 13.9. The second kappa shape index (κ2) is 7.84. The number of hydrogen-bond donors (Lipinski definition) is 1. The molecule has 2 aromatic carbocycles. The lowest BCUT2D eigenvalue weighted by Gasteiger charge is -2.23. The molecule has 2 heterocycles. The molecule has 1 saturated heterocycles. The smallest absolute Gasteiger partial charge is 0.309 e. The number of nitrogens with zero attached hydrogens (tertiary/aromatic N) is 1. The van der Waals surface area contributed by atoms with Crippen LogP contribution in [0.3, 0.4) is 0 Å². The largest absolute Gasteiger partial charge is 0.458 e. The number of aliphatic hydroxyl groups excluding tert-OH is 1. The molecule has 0 saturated carbocycles. The fourth-order valence-electron chi connectivity index (χ4n) is 4.05. The van der Waals surface area contributed by atoms with E-state index in [-0.39, 0.29) is 24.2 Å². The molecule has 0 bridgehead atoms. The molecule has 2 atom stereocenters. The number of hydrogen-bond acceptors (Lipinski definition) is 3. The highest BCUT2D eigenvalue weighted by molar-refractivity contribution is 6.01. The van der Waals surface area contributed by atoms with Crippen molar-refractivity contribution in [2.24, 2.45) is 0 Å². The van der Waals surface area contributed by atoms with Gasteiger partial charge in [-0.15, -0.1) is 0 Å². The third-order valence-electron chi connectivity index (χ3n) is 5.26. The van der Waals surface area contributed by atoms with Crippen molar-refractivity contribution in [2.45, 2.75) is 44.9 Å². The van der Waals surface area contributed by atoms with Crippen LogP contribution in [0.15, 0.2) is 54.6 Å². The summed E-state index contributed by atoms with van der Waals surface area (Å²) in [6, 6.07) is 14.8. The van der Waals surface area contributed by atoms with Gasteiger partial charge in [0, 0.05) is 34.6 Å². The third-order valence-corrected chi connectivity index (χ3v) is 5.26. The third kappa shape index (κ3) is 3.83. The molecule has 4 nitrogen and oxygen atoms in total. The van der Waals surface area contributed by atoms with Gasteiger partial charge in [-0.1, -0.05) is 30.3 Å². The van der Waals surface area contributed by atoms with Crippen molar-refractivity contribution in [3.05, 3.63) is 66.1 Å². The van der Waals surface area contributed by atoms with Gasteiger partial charge in [-0.05, 0) is 49.8 Å². The molecule has 1 fully saturated rings. The first-order valence-corrected chi connectivity index (χ1v) is 9.88. The van der Waals surface area contributed by atoms with Crippen LogP contribution in [-0.4, -0.2) is 27.9 Å². The number of fused-ring (bicyclic) bond motifs is 1. The van der Waals surface area contributed by atoms with E-state index in [1.54, 1.807) is 12.1 Å². The molecule has 4 rings (SSSR count). The fourth-order valence-corrected chi connectivity index (χ4v) is 4.05. The quantitative estimate of drug-likeness (QED) is 0.627. The van der Waals surface area contributed by atoms with Gasteiger partial charge in [-0.3, -0.25) is 4.79 Å². The van der Waals surface area contributed by atoms with E-state index < -0.39 is 12.2 Å². The van der Waals surface area contributed by atoms with Crippen molar-refractivity contribution in [1.29, 1.82) is 0 Å². The van der Waals surface area contributed by atoms with Crippen LogP contribution in [0.5, 0.6) is 0 Å². The van der Waals surface area contributed by atoms with Gasteiger partial charge in [0.1, 0.15) is 11.9 Å². The minimum absolute atomic E-state index is 0.0391. The van der Waals surface area contributed by atoms with Gasteiger partial charge in [0.05, 0.1) is 12.5 Å². The van der Waals surface area contributed by atoms with E-state index in [1.807, 2.05) is 24.3 Å².